The van der Waals surface area contributed by atoms with Gasteiger partial charge >= 0.3 is 5.97 Å². The van der Waals surface area contributed by atoms with Gasteiger partial charge in [0.05, 0.1) is 5.02 Å². The zero-order valence-electron chi connectivity index (χ0n) is 10.7. The van der Waals surface area contributed by atoms with Crippen molar-refractivity contribution in [1.29, 1.82) is 0 Å². The highest BCUT2D eigenvalue weighted by Gasteiger charge is 2.04. The minimum absolute atomic E-state index is 0.228. The highest BCUT2D eigenvalue weighted by molar-refractivity contribution is 6.31. The number of carbonyl (C=O) groups is 1. The lowest BCUT2D eigenvalue weighted by atomic mass is 10.2. The van der Waals surface area contributed by atoms with Crippen LogP contribution in [0.25, 0.3) is 0 Å². The van der Waals surface area contributed by atoms with E-state index in [1.807, 2.05) is 0 Å². The molecule has 0 aliphatic rings. The first-order valence-corrected chi connectivity index (χ1v) is 6.27. The van der Waals surface area contributed by atoms with Crippen LogP contribution in [0, 0.1) is 5.82 Å². The molecule has 0 aliphatic heterocycles. The SMILES string of the molecule is CC(=O)Oc1ccc(OCc2ccc(F)cc2Cl)cc1. The number of benzene rings is 2. The molecule has 20 heavy (non-hydrogen) atoms. The first-order chi connectivity index (χ1) is 9.54. The molecule has 0 saturated carbocycles. The monoisotopic (exact) mass is 294 g/mol. The van der Waals surface area contributed by atoms with Crippen molar-refractivity contribution in [1.82, 2.24) is 0 Å². The van der Waals surface area contributed by atoms with Gasteiger partial charge in [0.25, 0.3) is 0 Å². The summed E-state index contributed by atoms with van der Waals surface area (Å²) in [5.74, 6) is 0.284. The zero-order chi connectivity index (χ0) is 14.5. The Morgan fingerprint density at radius 2 is 1.80 bits per heavy atom. The van der Waals surface area contributed by atoms with Crippen molar-refractivity contribution >= 4 is 17.6 Å². The summed E-state index contributed by atoms with van der Waals surface area (Å²) in [5, 5.41) is 0.321. The average molecular weight is 295 g/mol. The maximum Gasteiger partial charge on any atom is 0.308 e. The Hall–Kier alpha value is -2.07. The molecule has 0 unspecified atom stereocenters. The summed E-state index contributed by atoms with van der Waals surface area (Å²) in [5.41, 5.74) is 0.692. The molecule has 2 aromatic carbocycles. The molecule has 3 nitrogen and oxygen atoms in total. The number of halogens is 2. The van der Waals surface area contributed by atoms with Gasteiger partial charge in [-0.05, 0) is 36.4 Å². The van der Waals surface area contributed by atoms with Crippen LogP contribution in [0.2, 0.25) is 5.02 Å². The van der Waals surface area contributed by atoms with E-state index in [1.165, 1.54) is 19.1 Å². The Morgan fingerprint density at radius 1 is 1.15 bits per heavy atom. The van der Waals surface area contributed by atoms with Gasteiger partial charge in [-0.2, -0.15) is 0 Å². The van der Waals surface area contributed by atoms with Gasteiger partial charge in [0.2, 0.25) is 0 Å². The van der Waals surface area contributed by atoms with E-state index in [-0.39, 0.29) is 18.4 Å². The fourth-order valence-corrected chi connectivity index (χ4v) is 1.79. The molecule has 0 amide bonds. The van der Waals surface area contributed by atoms with Crippen molar-refractivity contribution < 1.29 is 18.7 Å². The fourth-order valence-electron chi connectivity index (χ4n) is 1.57. The summed E-state index contributed by atoms with van der Waals surface area (Å²) in [7, 11) is 0. The van der Waals surface area contributed by atoms with Gasteiger partial charge in [-0.3, -0.25) is 4.79 Å². The molecule has 0 N–H and O–H groups in total. The van der Waals surface area contributed by atoms with Crippen LogP contribution < -0.4 is 9.47 Å². The predicted molar refractivity (Wildman–Crippen MR) is 73.5 cm³/mol. The van der Waals surface area contributed by atoms with Gasteiger partial charge in [0.15, 0.2) is 0 Å². The number of carbonyl (C=O) groups excluding carboxylic acids is 1. The number of hydrogen-bond donors (Lipinski definition) is 0. The van der Waals surface area contributed by atoms with Gasteiger partial charge in [0.1, 0.15) is 23.9 Å². The highest BCUT2D eigenvalue weighted by atomic mass is 35.5. The fraction of sp³-hybridized carbons (Fsp3) is 0.133. The van der Waals surface area contributed by atoms with Crippen LogP contribution in [0.15, 0.2) is 42.5 Å². The van der Waals surface area contributed by atoms with Crippen molar-refractivity contribution in [3.05, 3.63) is 58.9 Å². The van der Waals surface area contributed by atoms with Crippen LogP contribution in [0.5, 0.6) is 11.5 Å². The summed E-state index contributed by atoms with van der Waals surface area (Å²) in [4.78, 5) is 10.8. The topological polar surface area (TPSA) is 35.5 Å². The maximum absolute atomic E-state index is 12.9. The summed E-state index contributed by atoms with van der Waals surface area (Å²) >= 11 is 5.90. The molecule has 0 fully saturated rings. The third kappa shape index (κ3) is 3.96. The van der Waals surface area contributed by atoms with Crippen LogP contribution >= 0.6 is 11.6 Å². The average Bonchev–Trinajstić information content (AvgIpc) is 2.39. The second kappa shape index (κ2) is 6.39. The summed E-state index contributed by atoms with van der Waals surface area (Å²) < 4.78 is 23.3. The molecular weight excluding hydrogens is 283 g/mol. The first kappa shape index (κ1) is 14.3. The molecule has 5 heteroatoms. The summed E-state index contributed by atoms with van der Waals surface area (Å²) in [6, 6.07) is 10.8. The second-order valence-corrected chi connectivity index (χ2v) is 4.50. The normalized spacial score (nSPS) is 10.2. The van der Waals surface area contributed by atoms with E-state index in [9.17, 15) is 9.18 Å². The predicted octanol–water partition coefficient (Wildman–Crippen LogP) is 3.98. The van der Waals surface area contributed by atoms with E-state index in [2.05, 4.69) is 0 Å². The highest BCUT2D eigenvalue weighted by Crippen LogP contribution is 2.22. The Labute approximate surface area is 120 Å². The van der Waals surface area contributed by atoms with E-state index >= 15 is 0 Å². The van der Waals surface area contributed by atoms with Gasteiger partial charge < -0.3 is 9.47 Å². The van der Waals surface area contributed by atoms with Gasteiger partial charge in [-0.25, -0.2) is 4.39 Å². The van der Waals surface area contributed by atoms with Crippen molar-refractivity contribution in [3.8, 4) is 11.5 Å². The molecule has 0 aromatic heterocycles. The van der Waals surface area contributed by atoms with Crippen molar-refractivity contribution in [2.45, 2.75) is 13.5 Å². The quantitative estimate of drug-likeness (QED) is 0.632. The van der Waals surface area contributed by atoms with Crippen LogP contribution in [-0.4, -0.2) is 5.97 Å². The lowest BCUT2D eigenvalue weighted by Crippen LogP contribution is -2.01. The molecule has 104 valence electrons. The largest absolute Gasteiger partial charge is 0.489 e. The molecule has 0 atom stereocenters. The lowest BCUT2D eigenvalue weighted by Gasteiger charge is -2.08. The first-order valence-electron chi connectivity index (χ1n) is 5.90. The second-order valence-electron chi connectivity index (χ2n) is 4.09. The molecule has 0 heterocycles. The van der Waals surface area contributed by atoms with Gasteiger partial charge in [-0.15, -0.1) is 0 Å². The molecule has 0 saturated heterocycles. The zero-order valence-corrected chi connectivity index (χ0v) is 11.5. The van der Waals surface area contributed by atoms with E-state index in [1.54, 1.807) is 30.3 Å². The van der Waals surface area contributed by atoms with E-state index in [0.29, 0.717) is 22.1 Å². The Kier molecular flexibility index (Phi) is 4.58. The van der Waals surface area contributed by atoms with E-state index < -0.39 is 0 Å². The molecule has 2 rings (SSSR count). The maximum atomic E-state index is 12.9. The Bertz CT molecular complexity index is 611. The van der Waals surface area contributed by atoms with E-state index in [0.717, 1.165) is 0 Å². The molecule has 0 radical (unpaired) electrons. The number of rotatable bonds is 4. The Morgan fingerprint density at radius 3 is 2.40 bits per heavy atom. The van der Waals surface area contributed by atoms with Crippen LogP contribution in [0.4, 0.5) is 4.39 Å². The number of esters is 1. The van der Waals surface area contributed by atoms with Crippen LogP contribution in [0.3, 0.4) is 0 Å². The van der Waals surface area contributed by atoms with Gasteiger partial charge in [-0.1, -0.05) is 17.7 Å². The third-order valence-electron chi connectivity index (χ3n) is 2.49. The molecule has 0 spiro atoms. The smallest absolute Gasteiger partial charge is 0.308 e. The standard InChI is InChI=1S/C15H12ClFO3/c1-10(18)20-14-6-4-13(5-7-14)19-9-11-2-3-12(17)8-15(11)16/h2-8H,9H2,1H3. The molecule has 2 aromatic rings. The van der Waals surface area contributed by atoms with E-state index in [4.69, 9.17) is 21.1 Å². The number of hydrogen-bond acceptors (Lipinski definition) is 3. The minimum Gasteiger partial charge on any atom is -0.489 e. The summed E-state index contributed by atoms with van der Waals surface area (Å²) in [6.07, 6.45) is 0. The van der Waals surface area contributed by atoms with Gasteiger partial charge in [0, 0.05) is 12.5 Å². The Balaban J connectivity index is 1.98. The van der Waals surface area contributed by atoms with Crippen molar-refractivity contribution in [2.24, 2.45) is 0 Å². The lowest BCUT2D eigenvalue weighted by molar-refractivity contribution is -0.131. The van der Waals surface area contributed by atoms with Crippen molar-refractivity contribution in [2.75, 3.05) is 0 Å². The third-order valence-corrected chi connectivity index (χ3v) is 2.85. The number of ether oxygens (including phenoxy) is 2. The van der Waals surface area contributed by atoms with Crippen LogP contribution in [-0.2, 0) is 11.4 Å². The summed E-state index contributed by atoms with van der Waals surface area (Å²) in [6.45, 7) is 1.56. The molecular formula is C15H12ClFO3. The van der Waals surface area contributed by atoms with Crippen LogP contribution in [0.1, 0.15) is 12.5 Å². The van der Waals surface area contributed by atoms with Crippen molar-refractivity contribution in [3.63, 3.8) is 0 Å². The molecule has 0 aliphatic carbocycles. The minimum atomic E-state index is -0.385. The molecule has 0 bridgehead atoms.